The number of rotatable bonds is 7. The van der Waals surface area contributed by atoms with E-state index in [1.165, 1.54) is 0 Å². The van der Waals surface area contributed by atoms with E-state index in [2.05, 4.69) is 101 Å². The summed E-state index contributed by atoms with van der Waals surface area (Å²) in [6, 6.07) is 49.8. The monoisotopic (exact) mass is 620 g/mol. The van der Waals surface area contributed by atoms with Crippen molar-refractivity contribution >= 4 is 27.4 Å². The average molecular weight is 621 g/mol. The normalized spacial score (nSPS) is 11.6. The minimum Gasteiger partial charge on any atom is -0.321 e. The van der Waals surface area contributed by atoms with Crippen molar-refractivity contribution in [2.75, 3.05) is 0 Å². The van der Waals surface area contributed by atoms with Gasteiger partial charge in [0.2, 0.25) is 0 Å². The molecule has 0 bridgehead atoms. The first-order valence-corrected chi connectivity index (χ1v) is 16.0. The van der Waals surface area contributed by atoms with Gasteiger partial charge in [-0.05, 0) is 64.6 Å². The van der Waals surface area contributed by atoms with Crippen molar-refractivity contribution in [3.05, 3.63) is 208 Å². The summed E-state index contributed by atoms with van der Waals surface area (Å²) in [4.78, 5) is 21.6. The topological polar surface area (TPSA) is 74.4 Å². The van der Waals surface area contributed by atoms with E-state index >= 15 is 0 Å². The maximum Gasteiger partial charge on any atom is 0.256 e. The lowest BCUT2D eigenvalue weighted by Crippen LogP contribution is -2.32. The average Bonchev–Trinajstić information content (AvgIpc) is 3.56. The fourth-order valence-electron chi connectivity index (χ4n) is 7.17. The molecule has 0 spiro atoms. The third-order valence-electron chi connectivity index (χ3n) is 9.29. The van der Waals surface area contributed by atoms with E-state index in [4.69, 9.17) is 5.10 Å². The minimum absolute atomic E-state index is 0.198. The van der Waals surface area contributed by atoms with Gasteiger partial charge in [0.1, 0.15) is 5.69 Å². The molecule has 8 rings (SSSR count). The summed E-state index contributed by atoms with van der Waals surface area (Å²) >= 11 is 0. The Kier molecular flexibility index (Phi) is 7.15. The zero-order valence-electron chi connectivity index (χ0n) is 26.4. The fourth-order valence-corrected chi connectivity index (χ4v) is 7.17. The van der Waals surface area contributed by atoms with Gasteiger partial charge in [0.05, 0.1) is 16.4 Å². The molecule has 0 aliphatic carbocycles. The van der Waals surface area contributed by atoms with Crippen LogP contribution < -0.4 is 5.56 Å². The maximum absolute atomic E-state index is 13.9. The Morgan fingerprint density at radius 1 is 0.688 bits per heavy atom. The van der Waals surface area contributed by atoms with Crippen molar-refractivity contribution in [3.8, 4) is 11.3 Å². The molecule has 0 aliphatic rings. The van der Waals surface area contributed by atoms with E-state index in [9.17, 15) is 4.79 Å². The van der Waals surface area contributed by atoms with Gasteiger partial charge in [-0.2, -0.15) is 5.10 Å². The second-order valence-electron chi connectivity index (χ2n) is 12.1. The Balaban J connectivity index is 1.62. The van der Waals surface area contributed by atoms with E-state index in [0.29, 0.717) is 16.7 Å². The van der Waals surface area contributed by atoms with Gasteiger partial charge in [0, 0.05) is 33.8 Å². The van der Waals surface area contributed by atoms with Crippen molar-refractivity contribution in [1.29, 1.82) is 0 Å². The van der Waals surface area contributed by atoms with Crippen LogP contribution in [0.3, 0.4) is 0 Å². The highest BCUT2D eigenvalue weighted by atomic mass is 16.1. The summed E-state index contributed by atoms with van der Waals surface area (Å²) in [5.41, 5.74) is 9.51. The Bertz CT molecular complexity index is 2390. The third kappa shape index (κ3) is 4.67. The molecule has 0 unspecified atom stereocenters. The Hall–Kier alpha value is -6.33. The molecule has 230 valence electrons. The molecule has 3 heterocycles. The number of H-pyrrole nitrogens is 2. The Morgan fingerprint density at radius 2 is 1.25 bits per heavy atom. The number of hydrogen-bond donors (Lipinski definition) is 2. The number of aryl methyl sites for hydroxylation is 1. The maximum atomic E-state index is 13.9. The van der Waals surface area contributed by atoms with Crippen LogP contribution in [0, 0.1) is 6.92 Å². The molecular weight excluding hydrogens is 589 g/mol. The van der Waals surface area contributed by atoms with Gasteiger partial charge in [-0.3, -0.25) is 14.9 Å². The number of fused-ring (bicyclic) bond motifs is 2. The van der Waals surface area contributed by atoms with Crippen LogP contribution in [0.25, 0.3) is 38.6 Å². The van der Waals surface area contributed by atoms with Crippen LogP contribution in [0.5, 0.6) is 0 Å². The lowest BCUT2D eigenvalue weighted by molar-refractivity contribution is 0.759. The van der Waals surface area contributed by atoms with Crippen LogP contribution in [-0.2, 0) is 5.41 Å². The zero-order valence-corrected chi connectivity index (χ0v) is 26.4. The van der Waals surface area contributed by atoms with Gasteiger partial charge in [0.15, 0.2) is 0 Å². The first-order valence-electron chi connectivity index (χ1n) is 16.0. The van der Waals surface area contributed by atoms with Crippen molar-refractivity contribution in [2.24, 2.45) is 0 Å². The highest BCUT2D eigenvalue weighted by molar-refractivity contribution is 6.08. The number of aromatic nitrogens is 4. The summed E-state index contributed by atoms with van der Waals surface area (Å²) in [6.45, 7) is 6.40. The molecular formula is C43H32N4O. The minimum atomic E-state index is -0.828. The van der Waals surface area contributed by atoms with Gasteiger partial charge in [-0.1, -0.05) is 128 Å². The van der Waals surface area contributed by atoms with Crippen molar-refractivity contribution in [3.63, 3.8) is 0 Å². The molecule has 8 aromatic rings. The first kappa shape index (κ1) is 29.1. The van der Waals surface area contributed by atoms with Gasteiger partial charge < -0.3 is 4.98 Å². The van der Waals surface area contributed by atoms with E-state index < -0.39 is 5.41 Å². The van der Waals surface area contributed by atoms with Crippen LogP contribution >= 0.6 is 0 Å². The summed E-state index contributed by atoms with van der Waals surface area (Å²) in [7, 11) is 0. The zero-order chi connectivity index (χ0) is 32.7. The predicted octanol–water partition coefficient (Wildman–Crippen LogP) is 9.22. The number of aromatic amines is 2. The van der Waals surface area contributed by atoms with Crippen molar-refractivity contribution in [1.82, 2.24) is 20.2 Å². The molecule has 5 heteroatoms. The summed E-state index contributed by atoms with van der Waals surface area (Å²) in [6.07, 6.45) is 1.82. The largest absolute Gasteiger partial charge is 0.321 e. The molecule has 0 saturated heterocycles. The second kappa shape index (κ2) is 11.8. The summed E-state index contributed by atoms with van der Waals surface area (Å²) in [5, 5.41) is 10.2. The standard InChI is InChI=1S/C43H32N4O/c1-28-25-31(23-24-44-28)41-39-38(46-47-41)27-37-36(26-35(42(48)45-37)29(2)30-15-7-3-8-16-30)40(39)43(32-17-9-4-10-18-32,33-19-11-5-12-20-33)34-21-13-6-14-22-34/h3-27H,2H2,1H3,(H,45,48)(H,46,47). The smallest absolute Gasteiger partial charge is 0.256 e. The lowest BCUT2D eigenvalue weighted by Gasteiger charge is -2.38. The van der Waals surface area contributed by atoms with E-state index in [1.54, 1.807) is 0 Å². The molecule has 0 aliphatic heterocycles. The molecule has 48 heavy (non-hydrogen) atoms. The SMILES string of the molecule is C=C(c1ccccc1)c1cc2c(C(c3ccccc3)(c3ccccc3)c3ccccc3)c3c(-c4ccnc(C)c4)n[nH]c3cc2[nH]c1=O. The number of hydrogen-bond acceptors (Lipinski definition) is 3. The molecule has 3 aromatic heterocycles. The number of benzene rings is 5. The van der Waals surface area contributed by atoms with E-state index in [-0.39, 0.29) is 5.56 Å². The number of nitrogens with zero attached hydrogens (tertiary/aromatic N) is 2. The lowest BCUT2D eigenvalue weighted by atomic mass is 9.63. The van der Waals surface area contributed by atoms with Crippen LogP contribution in [0.15, 0.2) is 163 Å². The quantitative estimate of drug-likeness (QED) is 0.175. The van der Waals surface area contributed by atoms with Crippen molar-refractivity contribution < 1.29 is 0 Å². The molecule has 5 aromatic carbocycles. The molecule has 0 atom stereocenters. The number of nitrogens with one attached hydrogen (secondary N) is 2. The van der Waals surface area contributed by atoms with Gasteiger partial charge in [0.25, 0.3) is 5.56 Å². The van der Waals surface area contributed by atoms with Crippen LogP contribution in [0.2, 0.25) is 0 Å². The molecule has 0 fully saturated rings. The van der Waals surface area contributed by atoms with E-state index in [1.807, 2.05) is 79.9 Å². The van der Waals surface area contributed by atoms with Crippen LogP contribution in [-0.4, -0.2) is 20.2 Å². The highest BCUT2D eigenvalue weighted by Crippen LogP contribution is 2.51. The summed E-state index contributed by atoms with van der Waals surface area (Å²) < 4.78 is 0. The Labute approximate surface area is 278 Å². The van der Waals surface area contributed by atoms with Gasteiger partial charge in [-0.15, -0.1) is 0 Å². The molecule has 0 amide bonds. The highest BCUT2D eigenvalue weighted by Gasteiger charge is 2.42. The van der Waals surface area contributed by atoms with Crippen LogP contribution in [0.1, 0.15) is 39.1 Å². The van der Waals surface area contributed by atoms with Crippen molar-refractivity contribution in [2.45, 2.75) is 12.3 Å². The molecule has 2 N–H and O–H groups in total. The molecule has 0 radical (unpaired) electrons. The molecule has 5 nitrogen and oxygen atoms in total. The predicted molar refractivity (Wildman–Crippen MR) is 195 cm³/mol. The Morgan fingerprint density at radius 3 is 1.81 bits per heavy atom. The third-order valence-corrected chi connectivity index (χ3v) is 9.29. The number of pyridine rings is 2. The second-order valence-corrected chi connectivity index (χ2v) is 12.1. The van der Waals surface area contributed by atoms with Gasteiger partial charge >= 0.3 is 0 Å². The summed E-state index contributed by atoms with van der Waals surface area (Å²) in [5.74, 6) is 0. The van der Waals surface area contributed by atoms with E-state index in [0.717, 1.165) is 61.1 Å². The van der Waals surface area contributed by atoms with Crippen LogP contribution in [0.4, 0.5) is 0 Å². The van der Waals surface area contributed by atoms with Gasteiger partial charge in [-0.25, -0.2) is 0 Å². The molecule has 0 saturated carbocycles. The first-order chi connectivity index (χ1) is 23.6. The fraction of sp³-hybridized carbons (Fsp3) is 0.0465.